The van der Waals surface area contributed by atoms with Crippen LogP contribution in [-0.2, 0) is 4.79 Å². The number of likely N-dealkylation sites (tertiary alicyclic amines) is 1. The Morgan fingerprint density at radius 1 is 1.11 bits per heavy atom. The summed E-state index contributed by atoms with van der Waals surface area (Å²) in [7, 11) is 0. The molecule has 2 N–H and O–H groups in total. The fourth-order valence-corrected chi connectivity index (χ4v) is 3.59. The number of hydrogen-bond donors (Lipinski definition) is 2. The molecule has 0 radical (unpaired) electrons. The van der Waals surface area contributed by atoms with Gasteiger partial charge in [-0.15, -0.1) is 0 Å². The maximum atomic E-state index is 11.1. The van der Waals surface area contributed by atoms with Gasteiger partial charge >= 0.3 is 5.97 Å². The highest BCUT2D eigenvalue weighted by atomic mass is 16.4. The van der Waals surface area contributed by atoms with Crippen molar-refractivity contribution >= 4 is 5.97 Å². The minimum atomic E-state index is -0.604. The first-order valence-electron chi connectivity index (χ1n) is 7.45. The molecule has 4 nitrogen and oxygen atoms in total. The van der Waals surface area contributed by atoms with Crippen molar-refractivity contribution in [3.05, 3.63) is 0 Å². The van der Waals surface area contributed by atoms with Gasteiger partial charge in [0, 0.05) is 31.2 Å². The van der Waals surface area contributed by atoms with Crippen molar-refractivity contribution in [2.24, 2.45) is 5.92 Å². The van der Waals surface area contributed by atoms with Crippen LogP contribution in [0.25, 0.3) is 0 Å². The second-order valence-corrected chi connectivity index (χ2v) is 6.28. The first kappa shape index (κ1) is 12.4. The molecule has 1 saturated heterocycles. The molecule has 0 aromatic carbocycles. The van der Waals surface area contributed by atoms with Gasteiger partial charge in [-0.05, 0) is 38.5 Å². The zero-order chi connectivity index (χ0) is 12.5. The van der Waals surface area contributed by atoms with E-state index in [4.69, 9.17) is 5.11 Å². The van der Waals surface area contributed by atoms with E-state index in [1.165, 1.54) is 32.4 Å². The van der Waals surface area contributed by atoms with E-state index in [0.717, 1.165) is 31.7 Å². The maximum absolute atomic E-state index is 11.1. The van der Waals surface area contributed by atoms with E-state index < -0.39 is 5.97 Å². The Morgan fingerprint density at radius 2 is 1.94 bits per heavy atom. The topological polar surface area (TPSA) is 52.6 Å². The number of carboxylic acid groups (broad SMARTS) is 1. The number of hydrogen-bond acceptors (Lipinski definition) is 3. The normalized spacial score (nSPS) is 37.9. The summed E-state index contributed by atoms with van der Waals surface area (Å²) in [6.07, 6.45) is 7.93. The number of rotatable bonds is 4. The first-order chi connectivity index (χ1) is 8.72. The number of aliphatic carboxylic acids is 1. The summed E-state index contributed by atoms with van der Waals surface area (Å²) in [6, 6.07) is 1.90. The molecule has 0 amide bonds. The molecule has 3 atom stereocenters. The molecule has 0 aromatic heterocycles. The van der Waals surface area contributed by atoms with E-state index in [0.29, 0.717) is 12.1 Å². The third-order valence-electron chi connectivity index (χ3n) is 4.78. The molecule has 3 fully saturated rings. The number of nitrogens with zero attached hydrogens (tertiary/aromatic N) is 1. The summed E-state index contributed by atoms with van der Waals surface area (Å²) >= 11 is 0. The van der Waals surface area contributed by atoms with Crippen molar-refractivity contribution in [3.8, 4) is 0 Å². The summed E-state index contributed by atoms with van der Waals surface area (Å²) in [5.74, 6) is -0.718. The first-order valence-corrected chi connectivity index (χ1v) is 7.45. The van der Waals surface area contributed by atoms with E-state index in [1.54, 1.807) is 0 Å². The van der Waals surface area contributed by atoms with Gasteiger partial charge in [0.2, 0.25) is 0 Å². The smallest absolute Gasteiger partial charge is 0.306 e. The molecule has 0 bridgehead atoms. The predicted octanol–water partition coefficient (Wildman–Crippen LogP) is 1.46. The van der Waals surface area contributed by atoms with Gasteiger partial charge in [-0.2, -0.15) is 0 Å². The van der Waals surface area contributed by atoms with Crippen molar-refractivity contribution in [1.82, 2.24) is 10.2 Å². The highest BCUT2D eigenvalue weighted by Gasteiger charge is 2.35. The lowest BCUT2D eigenvalue weighted by atomic mass is 9.85. The fraction of sp³-hybridized carbons (Fsp3) is 0.929. The Morgan fingerprint density at radius 3 is 2.67 bits per heavy atom. The molecule has 18 heavy (non-hydrogen) atoms. The van der Waals surface area contributed by atoms with E-state index in [9.17, 15) is 4.79 Å². The lowest BCUT2D eigenvalue weighted by molar-refractivity contribution is -0.143. The van der Waals surface area contributed by atoms with E-state index >= 15 is 0 Å². The van der Waals surface area contributed by atoms with Crippen molar-refractivity contribution in [2.45, 2.75) is 63.1 Å². The Kier molecular flexibility index (Phi) is 3.57. The van der Waals surface area contributed by atoms with Gasteiger partial charge < -0.3 is 10.4 Å². The lowest BCUT2D eigenvalue weighted by Crippen LogP contribution is -2.43. The SMILES string of the molecule is O=C(O)C1CCCC(NC2CCN(C3CC3)C2)C1. The van der Waals surface area contributed by atoms with Crippen molar-refractivity contribution < 1.29 is 9.90 Å². The van der Waals surface area contributed by atoms with Crippen LogP contribution in [0.5, 0.6) is 0 Å². The van der Waals surface area contributed by atoms with Gasteiger partial charge in [0.1, 0.15) is 0 Å². The second kappa shape index (κ2) is 5.17. The average molecular weight is 252 g/mol. The van der Waals surface area contributed by atoms with Gasteiger partial charge in [0.15, 0.2) is 0 Å². The molecule has 3 unspecified atom stereocenters. The van der Waals surface area contributed by atoms with E-state index in [-0.39, 0.29) is 5.92 Å². The van der Waals surface area contributed by atoms with Crippen LogP contribution in [0.1, 0.15) is 44.9 Å². The van der Waals surface area contributed by atoms with Gasteiger partial charge in [-0.1, -0.05) is 6.42 Å². The molecule has 0 aromatic rings. The summed E-state index contributed by atoms with van der Waals surface area (Å²) in [6.45, 7) is 2.41. The van der Waals surface area contributed by atoms with Crippen LogP contribution in [0, 0.1) is 5.92 Å². The summed E-state index contributed by atoms with van der Waals surface area (Å²) in [5, 5.41) is 12.8. The molecular formula is C14H24N2O2. The van der Waals surface area contributed by atoms with Gasteiger partial charge in [0.05, 0.1) is 5.92 Å². The maximum Gasteiger partial charge on any atom is 0.306 e. The second-order valence-electron chi connectivity index (χ2n) is 6.28. The molecule has 4 heteroatoms. The third kappa shape index (κ3) is 2.86. The van der Waals surface area contributed by atoms with Crippen LogP contribution < -0.4 is 5.32 Å². The highest BCUT2D eigenvalue weighted by Crippen LogP contribution is 2.31. The fourth-order valence-electron chi connectivity index (χ4n) is 3.59. The molecule has 0 spiro atoms. The number of carbonyl (C=O) groups is 1. The molecule has 1 aliphatic heterocycles. The Bertz CT molecular complexity index is 317. The summed E-state index contributed by atoms with van der Waals surface area (Å²) in [4.78, 5) is 13.7. The molecular weight excluding hydrogens is 228 g/mol. The zero-order valence-corrected chi connectivity index (χ0v) is 11.0. The summed E-state index contributed by atoms with van der Waals surface area (Å²) in [5.41, 5.74) is 0. The third-order valence-corrected chi connectivity index (χ3v) is 4.78. The Balaban J connectivity index is 1.46. The quantitative estimate of drug-likeness (QED) is 0.795. The van der Waals surface area contributed by atoms with E-state index in [1.807, 2.05) is 0 Å². The minimum absolute atomic E-state index is 0.114. The van der Waals surface area contributed by atoms with E-state index in [2.05, 4.69) is 10.2 Å². The standard InChI is InChI=1S/C14H24N2O2/c17-14(18)10-2-1-3-11(8-10)15-12-6-7-16(9-12)13-4-5-13/h10-13,15H,1-9H2,(H,17,18). The number of carboxylic acids is 1. The summed E-state index contributed by atoms with van der Waals surface area (Å²) < 4.78 is 0. The van der Waals surface area contributed by atoms with Crippen LogP contribution in [0.3, 0.4) is 0 Å². The van der Waals surface area contributed by atoms with Crippen LogP contribution in [0.2, 0.25) is 0 Å². The average Bonchev–Trinajstić information content (AvgIpc) is 3.11. The molecule has 3 rings (SSSR count). The highest BCUT2D eigenvalue weighted by molar-refractivity contribution is 5.70. The Labute approximate surface area is 109 Å². The molecule has 2 aliphatic carbocycles. The van der Waals surface area contributed by atoms with Crippen LogP contribution in [0.4, 0.5) is 0 Å². The van der Waals surface area contributed by atoms with Gasteiger partial charge in [-0.3, -0.25) is 9.69 Å². The molecule has 3 aliphatic rings. The zero-order valence-electron chi connectivity index (χ0n) is 11.0. The largest absolute Gasteiger partial charge is 0.481 e. The van der Waals surface area contributed by atoms with Crippen molar-refractivity contribution in [3.63, 3.8) is 0 Å². The van der Waals surface area contributed by atoms with Crippen LogP contribution in [0.15, 0.2) is 0 Å². The number of nitrogens with one attached hydrogen (secondary N) is 1. The predicted molar refractivity (Wildman–Crippen MR) is 69.5 cm³/mol. The van der Waals surface area contributed by atoms with Crippen LogP contribution in [-0.4, -0.2) is 47.2 Å². The molecule has 1 heterocycles. The lowest BCUT2D eigenvalue weighted by Gasteiger charge is -2.30. The molecule has 102 valence electrons. The van der Waals surface area contributed by atoms with Crippen LogP contribution >= 0.6 is 0 Å². The van der Waals surface area contributed by atoms with Crippen molar-refractivity contribution in [2.75, 3.05) is 13.1 Å². The van der Waals surface area contributed by atoms with Gasteiger partial charge in [0.25, 0.3) is 0 Å². The monoisotopic (exact) mass is 252 g/mol. The molecule has 2 saturated carbocycles. The Hall–Kier alpha value is -0.610. The van der Waals surface area contributed by atoms with Crippen molar-refractivity contribution in [1.29, 1.82) is 0 Å². The minimum Gasteiger partial charge on any atom is -0.481 e. The van der Waals surface area contributed by atoms with Gasteiger partial charge in [-0.25, -0.2) is 0 Å².